The Balaban J connectivity index is 2.06. The Bertz CT molecular complexity index is 171. The van der Waals surface area contributed by atoms with Crippen LogP contribution < -0.4 is 11.1 Å². The van der Waals surface area contributed by atoms with E-state index >= 15 is 0 Å². The standard InChI is InChI=1S/C11H24N2O/c1-11(2,3)6-10(14)7-13-9-4-8(12)5-9/h8-10,13-14H,4-7,12H2,1-3H3. The lowest BCUT2D eigenvalue weighted by Gasteiger charge is -2.34. The summed E-state index contributed by atoms with van der Waals surface area (Å²) in [6.07, 6.45) is 2.73. The first kappa shape index (κ1) is 12.0. The zero-order valence-electron chi connectivity index (χ0n) is 9.59. The Labute approximate surface area is 87.1 Å². The largest absolute Gasteiger partial charge is 0.392 e. The predicted octanol–water partition coefficient (Wildman–Crippen LogP) is 0.863. The number of hydrogen-bond donors (Lipinski definition) is 3. The molecular weight excluding hydrogens is 176 g/mol. The van der Waals surface area contributed by atoms with Crippen molar-refractivity contribution >= 4 is 0 Å². The Morgan fingerprint density at radius 2 is 2.00 bits per heavy atom. The van der Waals surface area contributed by atoms with Crippen molar-refractivity contribution in [3.8, 4) is 0 Å². The van der Waals surface area contributed by atoms with Gasteiger partial charge in [0.25, 0.3) is 0 Å². The second kappa shape index (κ2) is 4.60. The molecule has 1 unspecified atom stereocenters. The predicted molar refractivity (Wildman–Crippen MR) is 59.1 cm³/mol. The fraction of sp³-hybridized carbons (Fsp3) is 1.00. The number of aliphatic hydroxyl groups is 1. The van der Waals surface area contributed by atoms with Gasteiger partial charge in [0.05, 0.1) is 6.10 Å². The second-order valence-electron chi connectivity index (χ2n) is 5.76. The first-order valence-corrected chi connectivity index (χ1v) is 5.54. The molecule has 0 heterocycles. The van der Waals surface area contributed by atoms with E-state index in [1.165, 1.54) is 0 Å². The van der Waals surface area contributed by atoms with Crippen LogP contribution in [0, 0.1) is 5.41 Å². The van der Waals surface area contributed by atoms with E-state index in [9.17, 15) is 5.11 Å². The van der Waals surface area contributed by atoms with Crippen molar-refractivity contribution < 1.29 is 5.11 Å². The highest BCUT2D eigenvalue weighted by Gasteiger charge is 2.26. The van der Waals surface area contributed by atoms with Crippen LogP contribution in [0.25, 0.3) is 0 Å². The van der Waals surface area contributed by atoms with Crippen LogP contribution in [0.15, 0.2) is 0 Å². The van der Waals surface area contributed by atoms with Gasteiger partial charge in [0, 0.05) is 18.6 Å². The van der Waals surface area contributed by atoms with E-state index in [1.54, 1.807) is 0 Å². The third-order valence-electron chi connectivity index (χ3n) is 2.66. The molecule has 84 valence electrons. The number of nitrogens with two attached hydrogens (primary N) is 1. The minimum Gasteiger partial charge on any atom is -0.392 e. The third-order valence-corrected chi connectivity index (χ3v) is 2.66. The molecule has 1 fully saturated rings. The van der Waals surface area contributed by atoms with Crippen molar-refractivity contribution in [3.63, 3.8) is 0 Å². The molecule has 3 nitrogen and oxygen atoms in total. The molecule has 1 saturated carbocycles. The molecule has 0 spiro atoms. The van der Waals surface area contributed by atoms with Gasteiger partial charge in [-0.25, -0.2) is 0 Å². The lowest BCUT2D eigenvalue weighted by molar-refractivity contribution is 0.110. The van der Waals surface area contributed by atoms with Gasteiger partial charge in [-0.05, 0) is 24.7 Å². The SMILES string of the molecule is CC(C)(C)CC(O)CNC1CC(N)C1. The van der Waals surface area contributed by atoms with E-state index in [-0.39, 0.29) is 11.5 Å². The maximum absolute atomic E-state index is 9.73. The van der Waals surface area contributed by atoms with Crippen LogP contribution in [-0.4, -0.2) is 29.8 Å². The molecule has 0 saturated heterocycles. The quantitative estimate of drug-likeness (QED) is 0.631. The number of aliphatic hydroxyl groups excluding tert-OH is 1. The van der Waals surface area contributed by atoms with Crippen molar-refractivity contribution in [2.24, 2.45) is 11.1 Å². The first-order valence-electron chi connectivity index (χ1n) is 5.54. The maximum atomic E-state index is 9.73. The molecule has 1 rings (SSSR count). The van der Waals surface area contributed by atoms with Gasteiger partial charge in [-0.15, -0.1) is 0 Å². The highest BCUT2D eigenvalue weighted by Crippen LogP contribution is 2.21. The fourth-order valence-corrected chi connectivity index (χ4v) is 1.91. The minimum atomic E-state index is -0.230. The van der Waals surface area contributed by atoms with Gasteiger partial charge < -0.3 is 16.2 Å². The van der Waals surface area contributed by atoms with Crippen molar-refractivity contribution in [2.45, 2.75) is 58.2 Å². The monoisotopic (exact) mass is 200 g/mol. The number of hydrogen-bond acceptors (Lipinski definition) is 3. The van der Waals surface area contributed by atoms with Crippen LogP contribution in [-0.2, 0) is 0 Å². The van der Waals surface area contributed by atoms with Gasteiger partial charge in [0.2, 0.25) is 0 Å². The number of nitrogens with one attached hydrogen (secondary N) is 1. The van der Waals surface area contributed by atoms with E-state index in [0.717, 1.165) is 19.3 Å². The zero-order chi connectivity index (χ0) is 10.8. The lowest BCUT2D eigenvalue weighted by Crippen LogP contribution is -2.50. The fourth-order valence-electron chi connectivity index (χ4n) is 1.91. The van der Waals surface area contributed by atoms with Crippen molar-refractivity contribution in [1.29, 1.82) is 0 Å². The highest BCUT2D eigenvalue weighted by molar-refractivity contribution is 4.88. The molecule has 1 atom stereocenters. The summed E-state index contributed by atoms with van der Waals surface area (Å²) in [5.74, 6) is 0. The van der Waals surface area contributed by atoms with E-state index < -0.39 is 0 Å². The highest BCUT2D eigenvalue weighted by atomic mass is 16.3. The average Bonchev–Trinajstić information content (AvgIpc) is 1.92. The molecular formula is C11H24N2O. The Kier molecular flexibility index (Phi) is 3.93. The van der Waals surface area contributed by atoms with Crippen LogP contribution in [0.3, 0.4) is 0 Å². The maximum Gasteiger partial charge on any atom is 0.0669 e. The summed E-state index contributed by atoms with van der Waals surface area (Å²) in [4.78, 5) is 0. The molecule has 1 aliphatic rings. The second-order valence-corrected chi connectivity index (χ2v) is 5.76. The summed E-state index contributed by atoms with van der Waals surface area (Å²) in [5, 5.41) is 13.1. The first-order chi connectivity index (χ1) is 6.37. The molecule has 0 radical (unpaired) electrons. The molecule has 0 bridgehead atoms. The zero-order valence-corrected chi connectivity index (χ0v) is 9.59. The van der Waals surface area contributed by atoms with Crippen molar-refractivity contribution in [2.75, 3.05) is 6.54 Å². The summed E-state index contributed by atoms with van der Waals surface area (Å²) in [7, 11) is 0. The van der Waals surface area contributed by atoms with Gasteiger partial charge in [0.1, 0.15) is 0 Å². The third kappa shape index (κ3) is 4.40. The van der Waals surface area contributed by atoms with Crippen LogP contribution >= 0.6 is 0 Å². The molecule has 4 N–H and O–H groups in total. The molecule has 0 aromatic rings. The molecule has 0 aromatic carbocycles. The van der Waals surface area contributed by atoms with Crippen LogP contribution in [0.5, 0.6) is 0 Å². The molecule has 1 aliphatic carbocycles. The average molecular weight is 200 g/mol. The van der Waals surface area contributed by atoms with Gasteiger partial charge in [0.15, 0.2) is 0 Å². The van der Waals surface area contributed by atoms with E-state index in [0.29, 0.717) is 18.6 Å². The minimum absolute atomic E-state index is 0.205. The molecule has 0 amide bonds. The summed E-state index contributed by atoms with van der Waals surface area (Å²) in [6, 6.07) is 0.923. The Hall–Kier alpha value is -0.120. The number of rotatable bonds is 4. The lowest BCUT2D eigenvalue weighted by atomic mass is 9.86. The molecule has 14 heavy (non-hydrogen) atoms. The van der Waals surface area contributed by atoms with Gasteiger partial charge in [-0.2, -0.15) is 0 Å². The normalized spacial score (nSPS) is 29.8. The van der Waals surface area contributed by atoms with E-state index in [4.69, 9.17) is 5.73 Å². The van der Waals surface area contributed by atoms with Gasteiger partial charge in [-0.3, -0.25) is 0 Å². The Morgan fingerprint density at radius 3 is 2.43 bits per heavy atom. The van der Waals surface area contributed by atoms with Crippen LogP contribution in [0.2, 0.25) is 0 Å². The van der Waals surface area contributed by atoms with Gasteiger partial charge >= 0.3 is 0 Å². The van der Waals surface area contributed by atoms with Crippen molar-refractivity contribution in [1.82, 2.24) is 5.32 Å². The van der Waals surface area contributed by atoms with Crippen LogP contribution in [0.1, 0.15) is 40.0 Å². The van der Waals surface area contributed by atoms with E-state index in [2.05, 4.69) is 26.1 Å². The molecule has 3 heteroatoms. The van der Waals surface area contributed by atoms with Gasteiger partial charge in [-0.1, -0.05) is 20.8 Å². The van der Waals surface area contributed by atoms with Crippen molar-refractivity contribution in [3.05, 3.63) is 0 Å². The van der Waals surface area contributed by atoms with Crippen LogP contribution in [0.4, 0.5) is 0 Å². The van der Waals surface area contributed by atoms with E-state index in [1.807, 2.05) is 0 Å². The summed E-state index contributed by atoms with van der Waals surface area (Å²) < 4.78 is 0. The summed E-state index contributed by atoms with van der Waals surface area (Å²) >= 11 is 0. The summed E-state index contributed by atoms with van der Waals surface area (Å²) in [6.45, 7) is 7.15. The smallest absolute Gasteiger partial charge is 0.0669 e. The molecule has 0 aromatic heterocycles. The Morgan fingerprint density at radius 1 is 1.43 bits per heavy atom. The summed E-state index contributed by atoms with van der Waals surface area (Å²) in [5.41, 5.74) is 5.88. The topological polar surface area (TPSA) is 58.3 Å². The molecule has 0 aliphatic heterocycles.